The lowest BCUT2D eigenvalue weighted by molar-refractivity contribution is -0.133. The van der Waals surface area contributed by atoms with Crippen LogP contribution >= 0.6 is 11.8 Å². The van der Waals surface area contributed by atoms with Gasteiger partial charge in [0, 0.05) is 12.3 Å². The van der Waals surface area contributed by atoms with E-state index in [0.717, 1.165) is 23.9 Å². The molecule has 18 heavy (non-hydrogen) atoms. The first-order valence-electron chi connectivity index (χ1n) is 5.04. The van der Waals surface area contributed by atoms with Crippen LogP contribution in [0.1, 0.15) is 10.4 Å². The summed E-state index contributed by atoms with van der Waals surface area (Å²) in [6, 6.07) is 3.17. The van der Waals surface area contributed by atoms with E-state index in [1.54, 1.807) is 0 Å². The molecule has 0 atom stereocenters. The number of carboxylic acids is 1. The number of benzene rings is 1. The number of halogens is 2. The first-order chi connectivity index (χ1) is 8.52. The summed E-state index contributed by atoms with van der Waals surface area (Å²) < 4.78 is 26.4. The van der Waals surface area contributed by atoms with Crippen LogP contribution in [-0.2, 0) is 4.79 Å². The largest absolute Gasteiger partial charge is 0.481 e. The molecule has 2 N–H and O–H groups in total. The fraction of sp³-hybridized carbons (Fsp3) is 0.273. The molecule has 0 aliphatic rings. The predicted molar refractivity (Wildman–Crippen MR) is 63.7 cm³/mol. The highest BCUT2D eigenvalue weighted by molar-refractivity contribution is 7.99. The molecule has 0 saturated carbocycles. The average Bonchev–Trinajstić information content (AvgIpc) is 2.27. The lowest BCUT2D eigenvalue weighted by Gasteiger charge is -2.06. The molecule has 1 rings (SSSR count). The summed E-state index contributed by atoms with van der Waals surface area (Å²) in [5.41, 5.74) is -0.624. The maximum atomic E-state index is 13.2. The molecule has 0 unspecified atom stereocenters. The Morgan fingerprint density at radius 3 is 2.44 bits per heavy atom. The van der Waals surface area contributed by atoms with Gasteiger partial charge < -0.3 is 10.4 Å². The minimum atomic E-state index is -0.952. The van der Waals surface area contributed by atoms with Gasteiger partial charge in [-0.25, -0.2) is 8.78 Å². The molecule has 0 radical (unpaired) electrons. The van der Waals surface area contributed by atoms with E-state index in [0.29, 0.717) is 5.75 Å². The molecule has 1 amide bonds. The molecule has 1 aromatic rings. The zero-order chi connectivity index (χ0) is 13.5. The maximum Gasteiger partial charge on any atom is 0.313 e. The third kappa shape index (κ3) is 4.33. The summed E-state index contributed by atoms with van der Waals surface area (Å²) >= 11 is 1.11. The van der Waals surface area contributed by atoms with Crippen LogP contribution in [0.2, 0.25) is 0 Å². The number of rotatable bonds is 6. The van der Waals surface area contributed by atoms with E-state index >= 15 is 0 Å². The second-order valence-electron chi connectivity index (χ2n) is 3.30. The van der Waals surface area contributed by atoms with Gasteiger partial charge in [-0.15, -0.1) is 11.8 Å². The van der Waals surface area contributed by atoms with Crippen LogP contribution in [0.4, 0.5) is 8.78 Å². The van der Waals surface area contributed by atoms with Gasteiger partial charge in [-0.2, -0.15) is 0 Å². The number of carbonyl (C=O) groups is 2. The number of carboxylic acid groups (broad SMARTS) is 1. The van der Waals surface area contributed by atoms with E-state index < -0.39 is 29.1 Å². The SMILES string of the molecule is O=C(O)CSCCNC(=O)c1c(F)cccc1F. The van der Waals surface area contributed by atoms with Crippen LogP contribution < -0.4 is 5.32 Å². The molecule has 7 heteroatoms. The van der Waals surface area contributed by atoms with E-state index in [4.69, 9.17) is 5.11 Å². The summed E-state index contributed by atoms with van der Waals surface area (Å²) in [4.78, 5) is 21.7. The van der Waals surface area contributed by atoms with E-state index in [1.807, 2.05) is 0 Å². The number of amides is 1. The molecule has 0 fully saturated rings. The van der Waals surface area contributed by atoms with Gasteiger partial charge in [-0.3, -0.25) is 9.59 Å². The molecule has 0 heterocycles. The van der Waals surface area contributed by atoms with Crippen LogP contribution in [-0.4, -0.2) is 35.0 Å². The molecule has 1 aromatic carbocycles. The van der Waals surface area contributed by atoms with Crippen molar-refractivity contribution in [2.24, 2.45) is 0 Å². The van der Waals surface area contributed by atoms with Crippen LogP contribution in [0.3, 0.4) is 0 Å². The van der Waals surface area contributed by atoms with Crippen LogP contribution in [0, 0.1) is 11.6 Å². The topological polar surface area (TPSA) is 66.4 Å². The highest BCUT2D eigenvalue weighted by Gasteiger charge is 2.16. The standard InChI is InChI=1S/C11H11F2NO3S/c12-7-2-1-3-8(13)10(7)11(17)14-4-5-18-6-9(15)16/h1-3H,4-6H2,(H,14,17)(H,15,16). The summed E-state index contributed by atoms with van der Waals surface area (Å²) in [5.74, 6) is -3.37. The average molecular weight is 275 g/mol. The third-order valence-corrected chi connectivity index (χ3v) is 2.89. The lowest BCUT2D eigenvalue weighted by Crippen LogP contribution is -2.27. The number of hydrogen-bond acceptors (Lipinski definition) is 3. The summed E-state index contributed by atoms with van der Waals surface area (Å²) in [5, 5.41) is 10.7. The second-order valence-corrected chi connectivity index (χ2v) is 4.40. The van der Waals surface area contributed by atoms with Gasteiger partial charge in [-0.05, 0) is 12.1 Å². The Hall–Kier alpha value is -1.63. The molecule has 0 aliphatic carbocycles. The van der Waals surface area contributed by atoms with Crippen molar-refractivity contribution < 1.29 is 23.5 Å². The van der Waals surface area contributed by atoms with Gasteiger partial charge >= 0.3 is 5.97 Å². The van der Waals surface area contributed by atoms with Crippen molar-refractivity contribution >= 4 is 23.6 Å². The molecular formula is C11H11F2NO3S. The van der Waals surface area contributed by atoms with Crippen molar-refractivity contribution in [3.8, 4) is 0 Å². The summed E-state index contributed by atoms with van der Waals surface area (Å²) in [6.07, 6.45) is 0. The quantitative estimate of drug-likeness (QED) is 0.772. The van der Waals surface area contributed by atoms with Gasteiger partial charge in [0.15, 0.2) is 0 Å². The zero-order valence-corrected chi connectivity index (χ0v) is 10.1. The monoisotopic (exact) mass is 275 g/mol. The van der Waals surface area contributed by atoms with Crippen LogP contribution in [0.5, 0.6) is 0 Å². The van der Waals surface area contributed by atoms with Gasteiger partial charge in [-0.1, -0.05) is 6.07 Å². The molecule has 0 bridgehead atoms. The minimum absolute atomic E-state index is 0.0794. The Kier molecular flexibility index (Phi) is 5.57. The Balaban J connectivity index is 2.44. The van der Waals surface area contributed by atoms with Gasteiger partial charge in [0.05, 0.1) is 5.75 Å². The van der Waals surface area contributed by atoms with Gasteiger partial charge in [0.1, 0.15) is 17.2 Å². The van der Waals surface area contributed by atoms with Crippen molar-refractivity contribution in [1.82, 2.24) is 5.32 Å². The van der Waals surface area contributed by atoms with Crippen molar-refractivity contribution in [3.63, 3.8) is 0 Å². The number of thioether (sulfide) groups is 1. The molecule has 4 nitrogen and oxygen atoms in total. The first-order valence-corrected chi connectivity index (χ1v) is 6.19. The predicted octanol–water partition coefficient (Wildman–Crippen LogP) is 1.51. The summed E-state index contributed by atoms with van der Waals surface area (Å²) in [6.45, 7) is 0.143. The Morgan fingerprint density at radius 1 is 1.28 bits per heavy atom. The fourth-order valence-electron chi connectivity index (χ4n) is 1.20. The highest BCUT2D eigenvalue weighted by Crippen LogP contribution is 2.11. The van der Waals surface area contributed by atoms with Crippen molar-refractivity contribution in [2.45, 2.75) is 0 Å². The summed E-state index contributed by atoms with van der Waals surface area (Å²) in [7, 11) is 0. The third-order valence-electron chi connectivity index (χ3n) is 1.95. The Bertz CT molecular complexity index is 434. The van der Waals surface area contributed by atoms with E-state index in [2.05, 4.69) is 5.32 Å². The molecule has 98 valence electrons. The van der Waals surface area contributed by atoms with Crippen molar-refractivity contribution in [1.29, 1.82) is 0 Å². The Labute approximate surface area is 106 Å². The molecule has 0 aromatic heterocycles. The molecule has 0 aliphatic heterocycles. The van der Waals surface area contributed by atoms with Crippen LogP contribution in [0.25, 0.3) is 0 Å². The smallest absolute Gasteiger partial charge is 0.313 e. The normalized spacial score (nSPS) is 10.1. The zero-order valence-electron chi connectivity index (χ0n) is 9.28. The van der Waals surface area contributed by atoms with Crippen molar-refractivity contribution in [3.05, 3.63) is 35.4 Å². The first kappa shape index (κ1) is 14.4. The lowest BCUT2D eigenvalue weighted by atomic mass is 10.2. The minimum Gasteiger partial charge on any atom is -0.481 e. The number of carbonyl (C=O) groups excluding carboxylic acids is 1. The highest BCUT2D eigenvalue weighted by atomic mass is 32.2. The molecule has 0 saturated heterocycles. The van der Waals surface area contributed by atoms with Crippen LogP contribution in [0.15, 0.2) is 18.2 Å². The van der Waals surface area contributed by atoms with Crippen molar-refractivity contribution in [2.75, 3.05) is 18.1 Å². The molecular weight excluding hydrogens is 264 g/mol. The number of hydrogen-bond donors (Lipinski definition) is 2. The van der Waals surface area contributed by atoms with E-state index in [-0.39, 0.29) is 12.3 Å². The Morgan fingerprint density at radius 2 is 1.89 bits per heavy atom. The van der Waals surface area contributed by atoms with Gasteiger partial charge in [0.25, 0.3) is 5.91 Å². The number of nitrogens with one attached hydrogen (secondary N) is 1. The maximum absolute atomic E-state index is 13.2. The second kappa shape index (κ2) is 6.95. The molecule has 0 spiro atoms. The number of aliphatic carboxylic acids is 1. The van der Waals surface area contributed by atoms with E-state index in [1.165, 1.54) is 6.07 Å². The fourth-order valence-corrected chi connectivity index (χ4v) is 1.76. The van der Waals surface area contributed by atoms with E-state index in [9.17, 15) is 18.4 Å². The van der Waals surface area contributed by atoms with Gasteiger partial charge in [0.2, 0.25) is 0 Å².